The van der Waals surface area contributed by atoms with Crippen LogP contribution in [0.2, 0.25) is 0 Å². The average molecular weight is 340 g/mol. The van der Waals surface area contributed by atoms with E-state index < -0.39 is 0 Å². The van der Waals surface area contributed by atoms with Crippen LogP contribution in [0.4, 0.5) is 0 Å². The summed E-state index contributed by atoms with van der Waals surface area (Å²) in [7, 11) is 0. The molecule has 3 heteroatoms. The van der Waals surface area contributed by atoms with Crippen molar-refractivity contribution < 1.29 is 4.79 Å². The summed E-state index contributed by atoms with van der Waals surface area (Å²) in [6, 6.07) is 20.9. The van der Waals surface area contributed by atoms with Gasteiger partial charge in [-0.25, -0.2) is 0 Å². The number of hydrogen-bond donors (Lipinski definition) is 0. The maximum Gasteiger partial charge on any atom is 0.210 e. The van der Waals surface area contributed by atoms with E-state index in [4.69, 9.17) is 0 Å². The first-order valence-electron chi connectivity index (χ1n) is 8.80. The number of likely N-dealkylation sites (tertiary alicyclic amines) is 1. The Morgan fingerprint density at radius 1 is 1.04 bits per heavy atom. The van der Waals surface area contributed by atoms with E-state index in [1.54, 1.807) is 0 Å². The van der Waals surface area contributed by atoms with Gasteiger partial charge in [0, 0.05) is 0 Å². The summed E-state index contributed by atoms with van der Waals surface area (Å²) in [5.74, 6) is 1.45. The number of nitrogens with zero attached hydrogens (tertiary/aromatic N) is 1. The molecule has 2 aromatic carbocycles. The lowest BCUT2D eigenvalue weighted by Crippen LogP contribution is -2.39. The maximum absolute atomic E-state index is 12.7. The summed E-state index contributed by atoms with van der Waals surface area (Å²) >= 11 is 1.44. The fourth-order valence-corrected chi connectivity index (χ4v) is 4.30. The molecule has 0 unspecified atom stereocenters. The SMILES string of the molecule is CCSC(=O)[C@@H](c1ccccc1)N1CCC(c2ccccc2)CC1. The second-order valence-corrected chi connectivity index (χ2v) is 7.55. The summed E-state index contributed by atoms with van der Waals surface area (Å²) in [5, 5.41) is 0.280. The van der Waals surface area contributed by atoms with E-state index in [1.807, 2.05) is 25.1 Å². The van der Waals surface area contributed by atoms with Crippen molar-refractivity contribution in [2.75, 3.05) is 18.8 Å². The molecule has 2 nitrogen and oxygen atoms in total. The van der Waals surface area contributed by atoms with Gasteiger partial charge in [-0.2, -0.15) is 0 Å². The van der Waals surface area contributed by atoms with Crippen LogP contribution in [0.1, 0.15) is 42.9 Å². The maximum atomic E-state index is 12.7. The molecule has 126 valence electrons. The van der Waals surface area contributed by atoms with Crippen molar-refractivity contribution in [2.24, 2.45) is 0 Å². The molecule has 1 saturated heterocycles. The summed E-state index contributed by atoms with van der Waals surface area (Å²) in [5.41, 5.74) is 2.56. The number of piperidine rings is 1. The van der Waals surface area contributed by atoms with E-state index in [9.17, 15) is 4.79 Å². The molecule has 0 aromatic heterocycles. The number of rotatable bonds is 5. The zero-order valence-electron chi connectivity index (χ0n) is 14.2. The fourth-order valence-electron chi connectivity index (χ4n) is 3.57. The second kappa shape index (κ2) is 8.50. The quantitative estimate of drug-likeness (QED) is 0.774. The summed E-state index contributed by atoms with van der Waals surface area (Å²) in [6.07, 6.45) is 2.24. The van der Waals surface area contributed by atoms with Crippen molar-refractivity contribution in [1.82, 2.24) is 4.90 Å². The molecule has 0 spiro atoms. The zero-order chi connectivity index (χ0) is 16.8. The van der Waals surface area contributed by atoms with Crippen molar-refractivity contribution in [3.63, 3.8) is 0 Å². The van der Waals surface area contributed by atoms with E-state index in [-0.39, 0.29) is 11.2 Å². The number of thioether (sulfide) groups is 1. The highest BCUT2D eigenvalue weighted by molar-refractivity contribution is 8.13. The largest absolute Gasteiger partial charge is 0.289 e. The van der Waals surface area contributed by atoms with Gasteiger partial charge in [0.15, 0.2) is 0 Å². The van der Waals surface area contributed by atoms with Crippen molar-refractivity contribution >= 4 is 16.9 Å². The van der Waals surface area contributed by atoms with Crippen LogP contribution in [-0.2, 0) is 4.79 Å². The molecule has 0 amide bonds. The van der Waals surface area contributed by atoms with Crippen molar-refractivity contribution in [3.8, 4) is 0 Å². The first-order chi connectivity index (χ1) is 11.8. The van der Waals surface area contributed by atoms with Gasteiger partial charge in [-0.05, 0) is 48.7 Å². The number of benzene rings is 2. The lowest BCUT2D eigenvalue weighted by Gasteiger charge is -2.37. The zero-order valence-corrected chi connectivity index (χ0v) is 15.0. The van der Waals surface area contributed by atoms with Gasteiger partial charge in [0.05, 0.1) is 0 Å². The van der Waals surface area contributed by atoms with Crippen LogP contribution in [-0.4, -0.2) is 28.9 Å². The van der Waals surface area contributed by atoms with Crippen LogP contribution >= 0.6 is 11.8 Å². The Hall–Kier alpha value is -1.58. The Bertz CT molecular complexity index is 635. The molecule has 0 saturated carbocycles. The minimum absolute atomic E-state index is 0.104. The Kier molecular flexibility index (Phi) is 6.11. The minimum Gasteiger partial charge on any atom is -0.289 e. The third kappa shape index (κ3) is 4.08. The number of carbonyl (C=O) groups is 1. The summed E-state index contributed by atoms with van der Waals surface area (Å²) < 4.78 is 0. The fraction of sp³-hybridized carbons (Fsp3) is 0.381. The smallest absolute Gasteiger partial charge is 0.210 e. The predicted molar refractivity (Wildman–Crippen MR) is 102 cm³/mol. The van der Waals surface area contributed by atoms with E-state index in [0.717, 1.165) is 37.2 Å². The molecule has 0 radical (unpaired) electrons. The van der Waals surface area contributed by atoms with E-state index in [2.05, 4.69) is 47.4 Å². The third-order valence-electron chi connectivity index (χ3n) is 4.79. The minimum atomic E-state index is -0.104. The topological polar surface area (TPSA) is 20.3 Å². The number of carbonyl (C=O) groups excluding carboxylic acids is 1. The normalized spacial score (nSPS) is 17.5. The Balaban J connectivity index is 1.72. The molecule has 0 aliphatic carbocycles. The van der Waals surface area contributed by atoms with Crippen molar-refractivity contribution in [2.45, 2.75) is 31.7 Å². The molecule has 0 N–H and O–H groups in total. The lowest BCUT2D eigenvalue weighted by atomic mass is 9.88. The summed E-state index contributed by atoms with van der Waals surface area (Å²) in [4.78, 5) is 15.1. The van der Waals surface area contributed by atoms with Crippen LogP contribution < -0.4 is 0 Å². The standard InChI is InChI=1S/C21H25NOS/c1-2-24-21(23)20(19-11-7-4-8-12-19)22-15-13-18(14-16-22)17-9-5-3-6-10-17/h3-12,18,20H,2,13-16H2,1H3/t20-/m1/s1. The van der Waals surface area contributed by atoms with Gasteiger partial charge in [-0.15, -0.1) is 0 Å². The van der Waals surface area contributed by atoms with Gasteiger partial charge in [0.2, 0.25) is 5.12 Å². The lowest BCUT2D eigenvalue weighted by molar-refractivity contribution is -0.116. The molecular formula is C21H25NOS. The molecule has 3 rings (SSSR count). The molecule has 1 heterocycles. The van der Waals surface area contributed by atoms with E-state index in [0.29, 0.717) is 5.92 Å². The highest BCUT2D eigenvalue weighted by Crippen LogP contribution is 2.34. The molecule has 1 aliphatic rings. The van der Waals surface area contributed by atoms with Crippen LogP contribution in [0.25, 0.3) is 0 Å². The predicted octanol–water partition coefficient (Wildman–Crippen LogP) is 4.89. The van der Waals surface area contributed by atoms with Gasteiger partial charge >= 0.3 is 0 Å². The second-order valence-electron chi connectivity index (χ2n) is 6.29. The van der Waals surface area contributed by atoms with Crippen LogP contribution in [0.5, 0.6) is 0 Å². The molecule has 24 heavy (non-hydrogen) atoms. The first-order valence-corrected chi connectivity index (χ1v) is 9.78. The van der Waals surface area contributed by atoms with E-state index in [1.165, 1.54) is 17.3 Å². The third-order valence-corrected chi connectivity index (χ3v) is 5.59. The molecule has 1 fully saturated rings. The summed E-state index contributed by atoms with van der Waals surface area (Å²) in [6.45, 7) is 4.01. The molecule has 1 aliphatic heterocycles. The van der Waals surface area contributed by atoms with Crippen LogP contribution in [0.3, 0.4) is 0 Å². The molecular weight excluding hydrogens is 314 g/mol. The van der Waals surface area contributed by atoms with Gasteiger partial charge in [0.25, 0.3) is 0 Å². The van der Waals surface area contributed by atoms with Crippen molar-refractivity contribution in [1.29, 1.82) is 0 Å². The number of hydrogen-bond acceptors (Lipinski definition) is 3. The van der Waals surface area contributed by atoms with E-state index >= 15 is 0 Å². The van der Waals surface area contributed by atoms with Gasteiger partial charge < -0.3 is 0 Å². The Morgan fingerprint density at radius 3 is 2.21 bits per heavy atom. The monoisotopic (exact) mass is 339 g/mol. The average Bonchev–Trinajstić information content (AvgIpc) is 2.64. The van der Waals surface area contributed by atoms with Gasteiger partial charge in [-0.1, -0.05) is 79.3 Å². The van der Waals surface area contributed by atoms with Crippen LogP contribution in [0.15, 0.2) is 60.7 Å². The Morgan fingerprint density at radius 2 is 1.62 bits per heavy atom. The molecule has 0 bridgehead atoms. The van der Waals surface area contributed by atoms with Gasteiger partial charge in [0.1, 0.15) is 6.04 Å². The highest BCUT2D eigenvalue weighted by Gasteiger charge is 2.31. The highest BCUT2D eigenvalue weighted by atomic mass is 32.2. The molecule has 2 aromatic rings. The molecule has 1 atom stereocenters. The Labute approximate surface area is 149 Å². The van der Waals surface area contributed by atoms with Crippen molar-refractivity contribution in [3.05, 3.63) is 71.8 Å². The first kappa shape index (κ1) is 17.2. The van der Waals surface area contributed by atoms with Gasteiger partial charge in [-0.3, -0.25) is 9.69 Å². The van der Waals surface area contributed by atoms with Crippen LogP contribution in [0, 0.1) is 0 Å².